The van der Waals surface area contributed by atoms with Crippen molar-refractivity contribution < 1.29 is 0 Å². The van der Waals surface area contributed by atoms with Crippen LogP contribution in [0.4, 0.5) is 0 Å². The van der Waals surface area contributed by atoms with Gasteiger partial charge in [-0.05, 0) is 33.7 Å². The summed E-state index contributed by atoms with van der Waals surface area (Å²) in [6.45, 7) is 0.512. The van der Waals surface area contributed by atoms with Gasteiger partial charge in [0.15, 0.2) is 5.54 Å². The number of tetrazole rings is 1. The molecule has 1 aliphatic rings. The van der Waals surface area contributed by atoms with Crippen LogP contribution in [0.2, 0.25) is 0 Å². The van der Waals surface area contributed by atoms with Gasteiger partial charge in [-0.1, -0.05) is 42.5 Å². The second-order valence-corrected chi connectivity index (χ2v) is 5.58. The molecule has 0 bridgehead atoms. The Hall–Kier alpha value is -2.86. The quantitative estimate of drug-likeness (QED) is 0.740. The minimum absolute atomic E-state index is 0.512. The molecule has 2 heterocycles. The lowest BCUT2D eigenvalue weighted by Crippen LogP contribution is -2.24. The molecule has 1 aromatic heterocycles. The Kier molecular flexibility index (Phi) is 3.06. The predicted octanol–water partition coefficient (Wildman–Crippen LogP) is 0.0263. The van der Waals surface area contributed by atoms with Gasteiger partial charge < -0.3 is 5.73 Å². The number of aromatic nitrogens is 4. The number of para-hydroxylation sites is 1. The molecule has 0 saturated heterocycles. The fourth-order valence-electron chi connectivity index (χ4n) is 2.88. The van der Waals surface area contributed by atoms with Crippen LogP contribution < -0.4 is 16.3 Å². The maximum absolute atomic E-state index is 5.70. The summed E-state index contributed by atoms with van der Waals surface area (Å²) in [5, 5.41) is 14.6. The normalized spacial score (nSPS) is 19.0. The second kappa shape index (κ2) is 5.10. The summed E-state index contributed by atoms with van der Waals surface area (Å²) < 4.78 is 0. The van der Waals surface area contributed by atoms with Gasteiger partial charge >= 0.3 is 0 Å². The standard InChI is InChI=1S/C17H16N6/c1-23-21-16(20-22-23)17(14-8-6-12(11-18)7-9-14)10-13-4-2-3-5-15(13)19-17/h2-10H,11,18H2,1H3. The van der Waals surface area contributed by atoms with Crippen LogP contribution in [0.3, 0.4) is 0 Å². The molecule has 114 valence electrons. The third kappa shape index (κ3) is 2.15. The molecule has 0 aliphatic carbocycles. The average molecular weight is 304 g/mol. The largest absolute Gasteiger partial charge is 0.326 e. The zero-order valence-electron chi connectivity index (χ0n) is 12.7. The zero-order valence-corrected chi connectivity index (χ0v) is 12.7. The van der Waals surface area contributed by atoms with Gasteiger partial charge in [-0.15, -0.1) is 10.2 Å². The van der Waals surface area contributed by atoms with Crippen molar-refractivity contribution in [2.24, 2.45) is 17.8 Å². The van der Waals surface area contributed by atoms with E-state index >= 15 is 0 Å². The Morgan fingerprint density at radius 3 is 2.52 bits per heavy atom. The van der Waals surface area contributed by atoms with Crippen LogP contribution in [-0.2, 0) is 19.1 Å². The number of hydrogen-bond acceptors (Lipinski definition) is 5. The van der Waals surface area contributed by atoms with E-state index in [4.69, 9.17) is 10.7 Å². The molecule has 6 heteroatoms. The highest BCUT2D eigenvalue weighted by Crippen LogP contribution is 2.34. The lowest BCUT2D eigenvalue weighted by molar-refractivity contribution is 0.613. The van der Waals surface area contributed by atoms with Crippen molar-refractivity contribution in [3.05, 3.63) is 76.1 Å². The minimum atomic E-state index is -0.745. The summed E-state index contributed by atoms with van der Waals surface area (Å²) in [7, 11) is 1.75. The molecule has 0 radical (unpaired) electrons. The Morgan fingerprint density at radius 2 is 1.87 bits per heavy atom. The van der Waals surface area contributed by atoms with Crippen LogP contribution in [0.5, 0.6) is 0 Å². The lowest BCUT2D eigenvalue weighted by atomic mass is 9.89. The maximum atomic E-state index is 5.70. The third-order valence-corrected chi connectivity index (χ3v) is 4.08. The molecular weight excluding hydrogens is 288 g/mol. The average Bonchev–Trinajstić information content (AvgIpc) is 3.19. The predicted molar refractivity (Wildman–Crippen MR) is 85.6 cm³/mol. The van der Waals surface area contributed by atoms with E-state index in [9.17, 15) is 0 Å². The fourth-order valence-corrected chi connectivity index (χ4v) is 2.88. The highest BCUT2D eigenvalue weighted by atomic mass is 15.6. The van der Waals surface area contributed by atoms with Gasteiger partial charge in [-0.25, -0.2) is 0 Å². The Balaban J connectivity index is 1.97. The summed E-state index contributed by atoms with van der Waals surface area (Å²) in [6, 6.07) is 16.1. The van der Waals surface area contributed by atoms with E-state index in [0.29, 0.717) is 12.4 Å². The van der Waals surface area contributed by atoms with Gasteiger partial charge in [0, 0.05) is 6.54 Å². The molecule has 1 aliphatic heterocycles. The van der Waals surface area contributed by atoms with Crippen LogP contribution in [0.15, 0.2) is 53.5 Å². The first-order valence-corrected chi connectivity index (χ1v) is 7.43. The van der Waals surface area contributed by atoms with Gasteiger partial charge in [0.2, 0.25) is 5.82 Å². The topological polar surface area (TPSA) is 82.0 Å². The zero-order chi connectivity index (χ0) is 15.9. The Labute approximate surface area is 133 Å². The number of aryl methyl sites for hydroxylation is 1. The van der Waals surface area contributed by atoms with E-state index in [1.54, 1.807) is 7.05 Å². The molecule has 1 atom stereocenters. The third-order valence-electron chi connectivity index (χ3n) is 4.08. The molecule has 1 unspecified atom stereocenters. The fraction of sp³-hybridized carbons (Fsp3) is 0.176. The molecular formula is C17H16N6. The molecule has 23 heavy (non-hydrogen) atoms. The van der Waals surface area contributed by atoms with Crippen LogP contribution in [0.25, 0.3) is 6.08 Å². The van der Waals surface area contributed by atoms with Gasteiger partial charge in [0.1, 0.15) is 0 Å². The van der Waals surface area contributed by atoms with Gasteiger partial charge in [-0.3, -0.25) is 4.99 Å². The lowest BCUT2D eigenvalue weighted by Gasteiger charge is -2.21. The minimum Gasteiger partial charge on any atom is -0.326 e. The molecule has 2 N–H and O–H groups in total. The van der Waals surface area contributed by atoms with Crippen LogP contribution in [0, 0.1) is 0 Å². The van der Waals surface area contributed by atoms with E-state index < -0.39 is 5.54 Å². The summed E-state index contributed by atoms with van der Waals surface area (Å²) in [5.41, 5.74) is 7.03. The summed E-state index contributed by atoms with van der Waals surface area (Å²) in [4.78, 5) is 6.38. The van der Waals surface area contributed by atoms with Gasteiger partial charge in [0.05, 0.1) is 12.4 Å². The number of fused-ring (bicyclic) bond motifs is 1. The van der Waals surface area contributed by atoms with Crippen molar-refractivity contribution in [2.75, 3.05) is 0 Å². The number of rotatable bonds is 3. The maximum Gasteiger partial charge on any atom is 0.210 e. The highest BCUT2D eigenvalue weighted by molar-refractivity contribution is 5.55. The van der Waals surface area contributed by atoms with Crippen LogP contribution in [0.1, 0.15) is 17.0 Å². The highest BCUT2D eigenvalue weighted by Gasteiger charge is 2.38. The molecule has 6 nitrogen and oxygen atoms in total. The van der Waals surface area contributed by atoms with Crippen molar-refractivity contribution in [2.45, 2.75) is 12.1 Å². The Bertz CT molecular complexity index is 936. The summed E-state index contributed by atoms with van der Waals surface area (Å²) in [5.74, 6) is 0.566. The molecule has 0 spiro atoms. The molecule has 0 fully saturated rings. The smallest absolute Gasteiger partial charge is 0.210 e. The number of benzene rings is 2. The second-order valence-electron chi connectivity index (χ2n) is 5.58. The molecule has 0 amide bonds. The van der Waals surface area contributed by atoms with Crippen LogP contribution in [-0.4, -0.2) is 20.2 Å². The van der Waals surface area contributed by atoms with E-state index in [0.717, 1.165) is 21.7 Å². The monoisotopic (exact) mass is 304 g/mol. The number of nitrogens with two attached hydrogens (primary N) is 1. The van der Waals surface area contributed by atoms with Crippen molar-refractivity contribution in [1.82, 2.24) is 20.2 Å². The van der Waals surface area contributed by atoms with E-state index in [2.05, 4.69) is 21.5 Å². The molecule has 4 rings (SSSR count). The summed E-state index contributed by atoms with van der Waals surface area (Å²) >= 11 is 0. The number of hydrogen-bond donors (Lipinski definition) is 1. The first-order valence-electron chi connectivity index (χ1n) is 7.43. The van der Waals surface area contributed by atoms with Gasteiger partial charge in [-0.2, -0.15) is 4.80 Å². The molecule has 2 aromatic carbocycles. The number of nitrogens with zero attached hydrogens (tertiary/aromatic N) is 5. The van der Waals surface area contributed by atoms with Crippen molar-refractivity contribution in [3.63, 3.8) is 0 Å². The first kappa shape index (κ1) is 13.8. The first-order chi connectivity index (χ1) is 11.2. The van der Waals surface area contributed by atoms with Crippen molar-refractivity contribution >= 4 is 6.08 Å². The van der Waals surface area contributed by atoms with Crippen molar-refractivity contribution in [3.8, 4) is 0 Å². The van der Waals surface area contributed by atoms with E-state index in [1.807, 2.05) is 48.5 Å². The van der Waals surface area contributed by atoms with Crippen LogP contribution >= 0.6 is 0 Å². The molecule has 0 saturated carbocycles. The summed E-state index contributed by atoms with van der Waals surface area (Å²) in [6.07, 6.45) is 2.09. The van der Waals surface area contributed by atoms with E-state index in [-0.39, 0.29) is 0 Å². The van der Waals surface area contributed by atoms with Gasteiger partial charge in [0.25, 0.3) is 0 Å². The molecule has 3 aromatic rings. The SMILES string of the molecule is Cn1nnc(C2(c3ccc(CN)cc3)C=c3ccccc3=N2)n1. The van der Waals surface area contributed by atoms with E-state index in [1.165, 1.54) is 4.80 Å². The van der Waals surface area contributed by atoms with Crippen molar-refractivity contribution in [1.29, 1.82) is 0 Å². The Morgan fingerprint density at radius 1 is 1.09 bits per heavy atom.